The Morgan fingerprint density at radius 1 is 1.38 bits per heavy atom. The van der Waals surface area contributed by atoms with E-state index < -0.39 is 6.17 Å². The van der Waals surface area contributed by atoms with Gasteiger partial charge in [-0.1, -0.05) is 0 Å². The molecule has 0 amide bonds. The second kappa shape index (κ2) is 5.00. The molecule has 0 radical (unpaired) electrons. The van der Waals surface area contributed by atoms with Gasteiger partial charge in [0.1, 0.15) is 6.17 Å². The molecule has 0 aliphatic heterocycles. The van der Waals surface area contributed by atoms with E-state index in [1.807, 2.05) is 0 Å². The standard InChI is InChI=1S/C5H13FN2/c6-5(4-8)2-1-3-7/h5H,1-4,7-8H2. The van der Waals surface area contributed by atoms with Crippen LogP contribution in [-0.4, -0.2) is 19.3 Å². The summed E-state index contributed by atoms with van der Waals surface area (Å²) in [6.45, 7) is 0.681. The Kier molecular flexibility index (Phi) is 4.90. The van der Waals surface area contributed by atoms with E-state index in [1.165, 1.54) is 0 Å². The van der Waals surface area contributed by atoms with Crippen molar-refractivity contribution in [2.75, 3.05) is 13.1 Å². The minimum atomic E-state index is -0.849. The van der Waals surface area contributed by atoms with E-state index in [0.29, 0.717) is 13.0 Å². The zero-order valence-electron chi connectivity index (χ0n) is 4.94. The predicted molar refractivity (Wildman–Crippen MR) is 32.2 cm³/mol. The van der Waals surface area contributed by atoms with Crippen LogP contribution in [-0.2, 0) is 0 Å². The van der Waals surface area contributed by atoms with Crippen LogP contribution in [0.5, 0.6) is 0 Å². The highest BCUT2D eigenvalue weighted by molar-refractivity contribution is 4.55. The van der Waals surface area contributed by atoms with Crippen LogP contribution in [0.3, 0.4) is 0 Å². The van der Waals surface area contributed by atoms with Crippen molar-refractivity contribution in [3.63, 3.8) is 0 Å². The fourth-order valence-corrected chi connectivity index (χ4v) is 0.457. The van der Waals surface area contributed by atoms with Crippen molar-refractivity contribution >= 4 is 0 Å². The molecule has 0 aromatic heterocycles. The third-order valence-electron chi connectivity index (χ3n) is 0.977. The molecule has 0 aliphatic carbocycles. The average Bonchev–Trinajstić information content (AvgIpc) is 1.83. The minimum absolute atomic E-state index is 0.125. The molecule has 0 spiro atoms. The molecule has 1 unspecified atom stereocenters. The number of hydrogen-bond acceptors (Lipinski definition) is 2. The Labute approximate surface area is 49.0 Å². The van der Waals surface area contributed by atoms with Crippen LogP contribution < -0.4 is 11.5 Å². The van der Waals surface area contributed by atoms with Crippen molar-refractivity contribution in [1.82, 2.24) is 0 Å². The van der Waals surface area contributed by atoms with Gasteiger partial charge in [-0.05, 0) is 19.4 Å². The lowest BCUT2D eigenvalue weighted by molar-refractivity contribution is 0.318. The molecular weight excluding hydrogens is 107 g/mol. The zero-order chi connectivity index (χ0) is 6.41. The van der Waals surface area contributed by atoms with E-state index in [2.05, 4.69) is 0 Å². The fourth-order valence-electron chi connectivity index (χ4n) is 0.457. The summed E-state index contributed by atoms with van der Waals surface area (Å²) in [6.07, 6.45) is 0.393. The van der Waals surface area contributed by atoms with Crippen molar-refractivity contribution in [2.45, 2.75) is 19.0 Å². The van der Waals surface area contributed by atoms with E-state index >= 15 is 0 Å². The molecule has 1 atom stereocenters. The third-order valence-corrected chi connectivity index (χ3v) is 0.977. The van der Waals surface area contributed by atoms with E-state index in [1.54, 1.807) is 0 Å². The lowest BCUT2D eigenvalue weighted by Crippen LogP contribution is -2.16. The quantitative estimate of drug-likeness (QED) is 0.549. The third kappa shape index (κ3) is 4.02. The number of hydrogen-bond donors (Lipinski definition) is 2. The van der Waals surface area contributed by atoms with E-state index in [4.69, 9.17) is 11.5 Å². The lowest BCUT2D eigenvalue weighted by Gasteiger charge is -2.00. The number of halogens is 1. The maximum absolute atomic E-state index is 12.1. The van der Waals surface area contributed by atoms with E-state index in [-0.39, 0.29) is 6.54 Å². The van der Waals surface area contributed by atoms with Gasteiger partial charge in [-0.2, -0.15) is 0 Å². The molecule has 3 heteroatoms. The molecule has 4 N–H and O–H groups in total. The van der Waals surface area contributed by atoms with Crippen LogP contribution in [0.25, 0.3) is 0 Å². The topological polar surface area (TPSA) is 52.0 Å². The van der Waals surface area contributed by atoms with Gasteiger partial charge in [-0.15, -0.1) is 0 Å². The van der Waals surface area contributed by atoms with Crippen molar-refractivity contribution in [3.8, 4) is 0 Å². The average molecular weight is 120 g/mol. The van der Waals surface area contributed by atoms with E-state index in [9.17, 15) is 4.39 Å². The number of nitrogens with two attached hydrogens (primary N) is 2. The van der Waals surface area contributed by atoms with Crippen molar-refractivity contribution in [1.29, 1.82) is 0 Å². The molecule has 0 bridgehead atoms. The predicted octanol–water partition coefficient (Wildman–Crippen LogP) is 0.0221. The molecule has 0 rings (SSSR count). The summed E-state index contributed by atoms with van der Waals surface area (Å²) in [5.74, 6) is 0. The Hall–Kier alpha value is -0.150. The van der Waals surface area contributed by atoms with Gasteiger partial charge >= 0.3 is 0 Å². The summed E-state index contributed by atoms with van der Waals surface area (Å²) in [5.41, 5.74) is 10.1. The summed E-state index contributed by atoms with van der Waals surface area (Å²) in [6, 6.07) is 0. The summed E-state index contributed by atoms with van der Waals surface area (Å²) in [5, 5.41) is 0. The molecule has 0 saturated carbocycles. The fraction of sp³-hybridized carbons (Fsp3) is 1.00. The Morgan fingerprint density at radius 2 is 2.00 bits per heavy atom. The van der Waals surface area contributed by atoms with Crippen LogP contribution in [0.2, 0.25) is 0 Å². The summed E-state index contributed by atoms with van der Waals surface area (Å²) in [4.78, 5) is 0. The first-order valence-electron chi connectivity index (χ1n) is 2.85. The van der Waals surface area contributed by atoms with Gasteiger partial charge in [0, 0.05) is 6.54 Å². The van der Waals surface area contributed by atoms with Crippen molar-refractivity contribution in [2.24, 2.45) is 11.5 Å². The van der Waals surface area contributed by atoms with Gasteiger partial charge in [0.2, 0.25) is 0 Å². The summed E-state index contributed by atoms with van der Waals surface area (Å²) in [7, 11) is 0. The maximum Gasteiger partial charge on any atom is 0.112 e. The first-order chi connectivity index (χ1) is 3.81. The first-order valence-corrected chi connectivity index (χ1v) is 2.85. The molecule has 0 aromatic carbocycles. The molecule has 8 heavy (non-hydrogen) atoms. The van der Waals surface area contributed by atoms with Gasteiger partial charge in [0.05, 0.1) is 0 Å². The highest BCUT2D eigenvalue weighted by Crippen LogP contribution is 1.96. The normalized spacial score (nSPS) is 13.9. The second-order valence-electron chi connectivity index (χ2n) is 1.76. The molecular formula is C5H13FN2. The van der Waals surface area contributed by atoms with Crippen LogP contribution in [0, 0.1) is 0 Å². The SMILES string of the molecule is NCCCC(F)CN. The highest BCUT2D eigenvalue weighted by Gasteiger charge is 1.99. The highest BCUT2D eigenvalue weighted by atomic mass is 19.1. The molecule has 0 fully saturated rings. The monoisotopic (exact) mass is 120 g/mol. The van der Waals surface area contributed by atoms with Crippen LogP contribution >= 0.6 is 0 Å². The summed E-state index contributed by atoms with van der Waals surface area (Å²) < 4.78 is 12.1. The van der Waals surface area contributed by atoms with Crippen molar-refractivity contribution < 1.29 is 4.39 Å². The maximum atomic E-state index is 12.1. The Morgan fingerprint density at radius 3 is 2.38 bits per heavy atom. The van der Waals surface area contributed by atoms with Gasteiger partial charge in [-0.25, -0.2) is 4.39 Å². The molecule has 2 nitrogen and oxygen atoms in total. The van der Waals surface area contributed by atoms with Crippen LogP contribution in [0.15, 0.2) is 0 Å². The first kappa shape index (κ1) is 7.85. The zero-order valence-corrected chi connectivity index (χ0v) is 4.94. The summed E-state index contributed by atoms with van der Waals surface area (Å²) >= 11 is 0. The van der Waals surface area contributed by atoms with Crippen molar-refractivity contribution in [3.05, 3.63) is 0 Å². The Balaban J connectivity index is 2.86. The van der Waals surface area contributed by atoms with Crippen LogP contribution in [0.1, 0.15) is 12.8 Å². The van der Waals surface area contributed by atoms with Gasteiger partial charge in [0.15, 0.2) is 0 Å². The second-order valence-corrected chi connectivity index (χ2v) is 1.76. The number of rotatable bonds is 4. The molecule has 0 aliphatic rings. The number of alkyl halides is 1. The molecule has 0 aromatic rings. The Bertz CT molecular complexity index is 49.7. The van der Waals surface area contributed by atoms with Crippen LogP contribution in [0.4, 0.5) is 4.39 Å². The minimum Gasteiger partial charge on any atom is -0.330 e. The van der Waals surface area contributed by atoms with Gasteiger partial charge < -0.3 is 11.5 Å². The van der Waals surface area contributed by atoms with E-state index in [0.717, 1.165) is 6.42 Å². The van der Waals surface area contributed by atoms with Gasteiger partial charge in [-0.3, -0.25) is 0 Å². The molecule has 50 valence electrons. The molecule has 0 heterocycles. The largest absolute Gasteiger partial charge is 0.330 e. The smallest absolute Gasteiger partial charge is 0.112 e. The van der Waals surface area contributed by atoms with Gasteiger partial charge in [0.25, 0.3) is 0 Å². The molecule has 0 saturated heterocycles. The lowest BCUT2D eigenvalue weighted by atomic mass is 10.2.